The fourth-order valence-electron chi connectivity index (χ4n) is 0.986. The van der Waals surface area contributed by atoms with E-state index in [-0.39, 0.29) is 0 Å². The molecule has 4 nitrogen and oxygen atoms in total. The number of hydrogen-bond donors (Lipinski definition) is 2. The molecule has 0 radical (unpaired) electrons. The van der Waals surface area contributed by atoms with E-state index in [4.69, 9.17) is 11.6 Å². The van der Waals surface area contributed by atoms with Gasteiger partial charge >= 0.3 is 0 Å². The summed E-state index contributed by atoms with van der Waals surface area (Å²) in [5.74, 6) is 7.18. The van der Waals surface area contributed by atoms with Gasteiger partial charge in [-0.05, 0) is 24.9 Å². The molecule has 0 spiro atoms. The third-order valence-corrected chi connectivity index (χ3v) is 2.37. The van der Waals surface area contributed by atoms with Crippen LogP contribution in [0.25, 0.3) is 0 Å². The first-order chi connectivity index (χ1) is 5.75. The number of thioether (sulfide) groups is 1. The number of hydrogen-bond acceptors (Lipinski definition) is 4. The minimum atomic E-state index is 0.580. The van der Waals surface area contributed by atoms with Gasteiger partial charge in [-0.2, -0.15) is 11.8 Å². The van der Waals surface area contributed by atoms with Crippen molar-refractivity contribution < 1.29 is 0 Å². The first kappa shape index (κ1) is 9.25. The molecule has 4 N–H and O–H groups in total. The lowest BCUT2D eigenvalue weighted by Crippen LogP contribution is -2.10. The van der Waals surface area contributed by atoms with E-state index in [0.29, 0.717) is 5.82 Å². The van der Waals surface area contributed by atoms with Crippen LogP contribution in [0.15, 0.2) is 6.33 Å². The second-order valence-electron chi connectivity index (χ2n) is 2.58. The van der Waals surface area contributed by atoms with E-state index in [1.54, 1.807) is 6.33 Å². The molecular weight excluding hydrogens is 172 g/mol. The van der Waals surface area contributed by atoms with Crippen molar-refractivity contribution in [2.45, 2.75) is 12.8 Å². The third kappa shape index (κ3) is 2.07. The second kappa shape index (κ2) is 4.25. The van der Waals surface area contributed by atoms with Gasteiger partial charge in [0, 0.05) is 0 Å². The molecule has 0 amide bonds. The Kier molecular flexibility index (Phi) is 3.28. The number of anilines is 1. The topological polar surface area (TPSA) is 69.9 Å². The van der Waals surface area contributed by atoms with Gasteiger partial charge in [-0.1, -0.05) is 0 Å². The smallest absolute Gasteiger partial charge is 0.145 e. The Morgan fingerprint density at radius 2 is 2.42 bits per heavy atom. The molecule has 0 saturated heterocycles. The van der Waals surface area contributed by atoms with Crippen LogP contribution < -0.4 is 11.6 Å². The van der Waals surface area contributed by atoms with Gasteiger partial charge in [0.15, 0.2) is 0 Å². The van der Waals surface area contributed by atoms with Crippen molar-refractivity contribution in [3.8, 4) is 0 Å². The lowest BCUT2D eigenvalue weighted by Gasteiger charge is -1.98. The molecule has 0 aliphatic heterocycles. The molecule has 1 aromatic heterocycles. The SMILES string of the molecule is CSCCCc1ncn(N)c1N. The van der Waals surface area contributed by atoms with E-state index in [1.165, 1.54) is 4.68 Å². The maximum Gasteiger partial charge on any atom is 0.145 e. The summed E-state index contributed by atoms with van der Waals surface area (Å²) in [6, 6.07) is 0. The van der Waals surface area contributed by atoms with E-state index in [9.17, 15) is 0 Å². The highest BCUT2D eigenvalue weighted by Gasteiger charge is 2.03. The minimum Gasteiger partial charge on any atom is -0.382 e. The molecule has 1 aromatic rings. The first-order valence-electron chi connectivity index (χ1n) is 3.81. The summed E-state index contributed by atoms with van der Waals surface area (Å²) in [5, 5.41) is 0. The molecule has 0 fully saturated rings. The maximum atomic E-state index is 5.65. The van der Waals surface area contributed by atoms with Crippen molar-refractivity contribution in [3.63, 3.8) is 0 Å². The summed E-state index contributed by atoms with van der Waals surface area (Å²) >= 11 is 1.83. The van der Waals surface area contributed by atoms with Crippen molar-refractivity contribution in [2.75, 3.05) is 23.6 Å². The van der Waals surface area contributed by atoms with Crippen LogP contribution in [0.4, 0.5) is 5.82 Å². The predicted octanol–water partition coefficient (Wildman–Crippen LogP) is 0.475. The quantitative estimate of drug-likeness (QED) is 0.530. The van der Waals surface area contributed by atoms with Crippen molar-refractivity contribution in [2.24, 2.45) is 0 Å². The molecule has 12 heavy (non-hydrogen) atoms. The lowest BCUT2D eigenvalue weighted by atomic mass is 10.2. The number of aromatic nitrogens is 2. The van der Waals surface area contributed by atoms with Gasteiger partial charge in [0.25, 0.3) is 0 Å². The van der Waals surface area contributed by atoms with Crippen molar-refractivity contribution in [1.29, 1.82) is 0 Å². The van der Waals surface area contributed by atoms with E-state index in [2.05, 4.69) is 11.2 Å². The van der Waals surface area contributed by atoms with Gasteiger partial charge in [0.2, 0.25) is 0 Å². The first-order valence-corrected chi connectivity index (χ1v) is 5.20. The summed E-state index contributed by atoms with van der Waals surface area (Å²) in [5.41, 5.74) is 6.56. The molecule has 1 rings (SSSR count). The van der Waals surface area contributed by atoms with Gasteiger partial charge < -0.3 is 11.6 Å². The van der Waals surface area contributed by atoms with Crippen LogP contribution in [0.1, 0.15) is 12.1 Å². The molecule has 0 unspecified atom stereocenters. The highest BCUT2D eigenvalue weighted by molar-refractivity contribution is 7.98. The molecule has 1 heterocycles. The number of aryl methyl sites for hydroxylation is 1. The highest BCUT2D eigenvalue weighted by Crippen LogP contribution is 2.10. The Hall–Kier alpha value is -0.840. The Bertz CT molecular complexity index is 246. The van der Waals surface area contributed by atoms with Crippen LogP contribution in [0.3, 0.4) is 0 Å². The molecule has 0 aliphatic rings. The summed E-state index contributed by atoms with van der Waals surface area (Å²) < 4.78 is 1.36. The summed E-state index contributed by atoms with van der Waals surface area (Å²) in [4.78, 5) is 4.09. The van der Waals surface area contributed by atoms with E-state index >= 15 is 0 Å². The van der Waals surface area contributed by atoms with Gasteiger partial charge in [-0.15, -0.1) is 0 Å². The molecule has 0 aromatic carbocycles. The monoisotopic (exact) mass is 186 g/mol. The van der Waals surface area contributed by atoms with Gasteiger partial charge in [-0.25, -0.2) is 9.66 Å². The largest absolute Gasteiger partial charge is 0.382 e. The predicted molar refractivity (Wildman–Crippen MR) is 53.5 cm³/mol. The number of nitrogens with zero attached hydrogens (tertiary/aromatic N) is 2. The Labute approximate surface area is 76.3 Å². The minimum absolute atomic E-state index is 0.580. The number of imidazole rings is 1. The van der Waals surface area contributed by atoms with Crippen LogP contribution in [0, 0.1) is 0 Å². The summed E-state index contributed by atoms with van der Waals surface area (Å²) in [7, 11) is 0. The molecule has 68 valence electrons. The normalized spacial score (nSPS) is 10.4. The number of nitrogen functional groups attached to an aromatic ring is 2. The van der Waals surface area contributed by atoms with Crippen molar-refractivity contribution in [3.05, 3.63) is 12.0 Å². The van der Waals surface area contributed by atoms with Crippen molar-refractivity contribution in [1.82, 2.24) is 9.66 Å². The molecule has 0 aliphatic carbocycles. The fourth-order valence-corrected chi connectivity index (χ4v) is 1.42. The Morgan fingerprint density at radius 3 is 2.92 bits per heavy atom. The average Bonchev–Trinajstić information content (AvgIpc) is 2.36. The van der Waals surface area contributed by atoms with E-state index < -0.39 is 0 Å². The van der Waals surface area contributed by atoms with Gasteiger partial charge in [0.1, 0.15) is 12.1 Å². The zero-order valence-electron chi connectivity index (χ0n) is 7.16. The molecule has 5 heteroatoms. The zero-order valence-corrected chi connectivity index (χ0v) is 7.97. The van der Waals surface area contributed by atoms with Crippen molar-refractivity contribution >= 4 is 17.6 Å². The maximum absolute atomic E-state index is 5.65. The van der Waals surface area contributed by atoms with Crippen LogP contribution in [0.5, 0.6) is 0 Å². The van der Waals surface area contributed by atoms with Crippen LogP contribution in [0.2, 0.25) is 0 Å². The average molecular weight is 186 g/mol. The zero-order chi connectivity index (χ0) is 8.97. The molecule has 0 bridgehead atoms. The number of rotatable bonds is 4. The Balaban J connectivity index is 2.46. The van der Waals surface area contributed by atoms with Crippen LogP contribution in [-0.2, 0) is 6.42 Å². The second-order valence-corrected chi connectivity index (χ2v) is 3.57. The Morgan fingerprint density at radius 1 is 1.67 bits per heavy atom. The molecule has 0 atom stereocenters. The van der Waals surface area contributed by atoms with Gasteiger partial charge in [-0.3, -0.25) is 0 Å². The van der Waals surface area contributed by atoms with E-state index in [1.807, 2.05) is 11.8 Å². The number of nitrogens with two attached hydrogens (primary N) is 2. The third-order valence-electron chi connectivity index (χ3n) is 1.67. The highest BCUT2D eigenvalue weighted by atomic mass is 32.2. The van der Waals surface area contributed by atoms with Crippen LogP contribution in [-0.4, -0.2) is 21.7 Å². The van der Waals surface area contributed by atoms with Gasteiger partial charge in [0.05, 0.1) is 5.69 Å². The van der Waals surface area contributed by atoms with Crippen LogP contribution >= 0.6 is 11.8 Å². The molecular formula is C7H14N4S. The fraction of sp³-hybridized carbons (Fsp3) is 0.571. The summed E-state index contributed by atoms with van der Waals surface area (Å²) in [6.07, 6.45) is 5.65. The lowest BCUT2D eigenvalue weighted by molar-refractivity contribution is 0.905. The standard InChI is InChI=1S/C7H14N4S/c1-12-4-2-3-6-7(8)11(9)5-10-6/h5H,2-4,8-9H2,1H3. The van der Waals surface area contributed by atoms with E-state index in [0.717, 1.165) is 24.3 Å². The molecule has 0 saturated carbocycles. The summed E-state index contributed by atoms with van der Waals surface area (Å²) in [6.45, 7) is 0.